The Bertz CT molecular complexity index is 438. The second-order valence-electron chi connectivity index (χ2n) is 3.81. The van der Waals surface area contributed by atoms with Crippen LogP contribution in [0.3, 0.4) is 0 Å². The first-order valence-corrected chi connectivity index (χ1v) is 7.04. The Morgan fingerprint density at radius 3 is 2.12 bits per heavy atom. The normalized spacial score (nSPS) is 13.5. The molecule has 0 aliphatic heterocycles. The van der Waals surface area contributed by atoms with Crippen LogP contribution in [0.25, 0.3) is 0 Å². The molecule has 1 aromatic carbocycles. The van der Waals surface area contributed by atoms with E-state index in [0.717, 1.165) is 5.56 Å². The van der Waals surface area contributed by atoms with E-state index in [1.807, 2.05) is 19.1 Å². The Balaban J connectivity index is 3.05. The van der Waals surface area contributed by atoms with Crippen molar-refractivity contribution in [3.05, 3.63) is 29.8 Å². The number of hydrogen-bond acceptors (Lipinski definition) is 3. The molecule has 2 N–H and O–H groups in total. The smallest absolute Gasteiger partial charge is 0.232 e. The monoisotopic (exact) mass is 242 g/mol. The van der Waals surface area contributed by atoms with Crippen LogP contribution in [0.2, 0.25) is 0 Å². The highest BCUT2D eigenvalue weighted by molar-refractivity contribution is 7.92. The molecule has 16 heavy (non-hydrogen) atoms. The molecular weight excluding hydrogens is 224 g/mol. The molecule has 0 saturated heterocycles. The lowest BCUT2D eigenvalue weighted by atomic mass is 10.1. The average Bonchev–Trinajstić information content (AvgIpc) is 2.17. The fourth-order valence-electron chi connectivity index (χ4n) is 1.55. The predicted octanol–water partition coefficient (Wildman–Crippen LogP) is 1.49. The quantitative estimate of drug-likeness (QED) is 0.870. The molecule has 90 valence electrons. The highest BCUT2D eigenvalue weighted by Gasteiger charge is 2.14. The average molecular weight is 242 g/mol. The van der Waals surface area contributed by atoms with Crippen molar-refractivity contribution in [1.29, 1.82) is 0 Å². The van der Waals surface area contributed by atoms with Gasteiger partial charge < -0.3 is 5.73 Å². The Hall–Kier alpha value is -1.07. The predicted molar refractivity (Wildman–Crippen MR) is 66.9 cm³/mol. The molecule has 0 aromatic heterocycles. The molecule has 0 fully saturated rings. The number of nitrogens with two attached hydrogens (primary N) is 1. The summed E-state index contributed by atoms with van der Waals surface area (Å²) in [6.07, 6.45) is 1.20. The lowest BCUT2D eigenvalue weighted by molar-refractivity contribution is 0.598. The van der Waals surface area contributed by atoms with Crippen molar-refractivity contribution in [2.45, 2.75) is 19.9 Å². The van der Waals surface area contributed by atoms with Gasteiger partial charge in [-0.3, -0.25) is 4.31 Å². The summed E-state index contributed by atoms with van der Waals surface area (Å²) in [4.78, 5) is 0. The van der Waals surface area contributed by atoms with Crippen molar-refractivity contribution in [3.8, 4) is 0 Å². The van der Waals surface area contributed by atoms with Crippen molar-refractivity contribution in [2.24, 2.45) is 5.73 Å². The summed E-state index contributed by atoms with van der Waals surface area (Å²) >= 11 is 0. The fourth-order valence-corrected chi connectivity index (χ4v) is 2.53. The van der Waals surface area contributed by atoms with Gasteiger partial charge in [-0.2, -0.15) is 0 Å². The van der Waals surface area contributed by atoms with Gasteiger partial charge in [0.2, 0.25) is 10.0 Å². The van der Waals surface area contributed by atoms with Crippen LogP contribution in [0.4, 0.5) is 5.69 Å². The van der Waals surface area contributed by atoms with E-state index < -0.39 is 10.0 Å². The second kappa shape index (κ2) is 4.84. The molecule has 0 radical (unpaired) electrons. The summed E-state index contributed by atoms with van der Waals surface area (Å²) in [5.74, 6) is 0. The van der Waals surface area contributed by atoms with Crippen molar-refractivity contribution < 1.29 is 8.42 Å². The van der Waals surface area contributed by atoms with Crippen LogP contribution in [-0.4, -0.2) is 21.2 Å². The van der Waals surface area contributed by atoms with E-state index in [1.165, 1.54) is 10.6 Å². The number of anilines is 1. The van der Waals surface area contributed by atoms with E-state index in [-0.39, 0.29) is 6.04 Å². The zero-order valence-electron chi connectivity index (χ0n) is 9.84. The van der Waals surface area contributed by atoms with Crippen molar-refractivity contribution in [1.82, 2.24) is 0 Å². The molecule has 1 atom stereocenters. The maximum Gasteiger partial charge on any atom is 0.232 e. The molecule has 0 saturated carbocycles. The first-order valence-electron chi connectivity index (χ1n) is 5.19. The maximum absolute atomic E-state index is 11.5. The lowest BCUT2D eigenvalue weighted by Gasteiger charge is -2.20. The minimum atomic E-state index is -3.20. The van der Waals surface area contributed by atoms with Crippen LogP contribution in [0.5, 0.6) is 0 Å². The van der Waals surface area contributed by atoms with Crippen LogP contribution >= 0.6 is 0 Å². The van der Waals surface area contributed by atoms with E-state index >= 15 is 0 Å². The van der Waals surface area contributed by atoms with Gasteiger partial charge in [0.1, 0.15) is 0 Å². The Morgan fingerprint density at radius 2 is 1.81 bits per heavy atom. The van der Waals surface area contributed by atoms with Crippen molar-refractivity contribution in [2.75, 3.05) is 17.1 Å². The zero-order valence-corrected chi connectivity index (χ0v) is 10.7. The van der Waals surface area contributed by atoms with Gasteiger partial charge >= 0.3 is 0 Å². The summed E-state index contributed by atoms with van der Waals surface area (Å²) in [7, 11) is -3.20. The zero-order chi connectivity index (χ0) is 12.3. The van der Waals surface area contributed by atoms with Gasteiger partial charge in [-0.25, -0.2) is 8.42 Å². The molecule has 1 unspecified atom stereocenters. The Morgan fingerprint density at radius 1 is 1.31 bits per heavy atom. The van der Waals surface area contributed by atoms with E-state index in [0.29, 0.717) is 12.2 Å². The summed E-state index contributed by atoms with van der Waals surface area (Å²) in [6, 6.07) is 7.23. The van der Waals surface area contributed by atoms with E-state index in [9.17, 15) is 8.42 Å². The molecule has 1 aromatic rings. The first-order chi connectivity index (χ1) is 7.36. The van der Waals surface area contributed by atoms with Crippen LogP contribution in [0.1, 0.15) is 25.5 Å². The standard InChI is InChI=1S/C11H18N2O2S/c1-4-13(16(3,14)15)11-7-5-10(6-8-11)9(2)12/h5-9H,4,12H2,1-3H3. The molecule has 0 aliphatic rings. The molecule has 1 rings (SSSR count). The summed E-state index contributed by atoms with van der Waals surface area (Å²) in [5, 5.41) is 0. The van der Waals surface area contributed by atoms with E-state index in [2.05, 4.69) is 0 Å². The molecule has 5 heteroatoms. The molecule has 0 amide bonds. The Labute approximate surface area is 97.1 Å². The van der Waals surface area contributed by atoms with Gasteiger partial charge in [0, 0.05) is 12.6 Å². The van der Waals surface area contributed by atoms with Crippen molar-refractivity contribution in [3.63, 3.8) is 0 Å². The summed E-state index contributed by atoms with van der Waals surface area (Å²) < 4.78 is 24.3. The third-order valence-electron chi connectivity index (χ3n) is 2.39. The SMILES string of the molecule is CCN(c1ccc(C(C)N)cc1)S(C)(=O)=O. The van der Waals surface area contributed by atoms with Crippen LogP contribution in [0, 0.1) is 0 Å². The lowest BCUT2D eigenvalue weighted by Crippen LogP contribution is -2.29. The Kier molecular flexibility index (Phi) is 3.93. The number of rotatable bonds is 4. The van der Waals surface area contributed by atoms with Crippen LogP contribution in [0.15, 0.2) is 24.3 Å². The third kappa shape index (κ3) is 2.96. The van der Waals surface area contributed by atoms with Gasteiger partial charge in [-0.05, 0) is 31.5 Å². The van der Waals surface area contributed by atoms with Crippen LogP contribution in [-0.2, 0) is 10.0 Å². The number of nitrogens with zero attached hydrogens (tertiary/aromatic N) is 1. The minimum absolute atomic E-state index is 0.0395. The largest absolute Gasteiger partial charge is 0.324 e. The number of benzene rings is 1. The number of sulfonamides is 1. The minimum Gasteiger partial charge on any atom is -0.324 e. The molecular formula is C11H18N2O2S. The highest BCUT2D eigenvalue weighted by atomic mass is 32.2. The molecule has 4 nitrogen and oxygen atoms in total. The van der Waals surface area contributed by atoms with E-state index in [4.69, 9.17) is 5.73 Å². The number of hydrogen-bond donors (Lipinski definition) is 1. The maximum atomic E-state index is 11.5. The summed E-state index contributed by atoms with van der Waals surface area (Å²) in [5.41, 5.74) is 7.40. The molecule has 0 spiro atoms. The van der Waals surface area contributed by atoms with Crippen LogP contribution < -0.4 is 10.0 Å². The highest BCUT2D eigenvalue weighted by Crippen LogP contribution is 2.19. The molecule has 0 bridgehead atoms. The van der Waals surface area contributed by atoms with E-state index in [1.54, 1.807) is 19.1 Å². The van der Waals surface area contributed by atoms with Gasteiger partial charge in [0.15, 0.2) is 0 Å². The third-order valence-corrected chi connectivity index (χ3v) is 3.66. The first kappa shape index (κ1) is 13.0. The molecule has 0 heterocycles. The van der Waals surface area contributed by atoms with Crippen molar-refractivity contribution >= 4 is 15.7 Å². The van der Waals surface area contributed by atoms with Gasteiger partial charge in [0.05, 0.1) is 11.9 Å². The fraction of sp³-hybridized carbons (Fsp3) is 0.455. The van der Waals surface area contributed by atoms with Gasteiger partial charge in [-0.1, -0.05) is 12.1 Å². The topological polar surface area (TPSA) is 63.4 Å². The molecule has 0 aliphatic carbocycles. The van der Waals surface area contributed by atoms with Gasteiger partial charge in [0.25, 0.3) is 0 Å². The van der Waals surface area contributed by atoms with Gasteiger partial charge in [-0.15, -0.1) is 0 Å². The second-order valence-corrected chi connectivity index (χ2v) is 5.71. The summed E-state index contributed by atoms with van der Waals surface area (Å²) in [6.45, 7) is 4.13.